The summed E-state index contributed by atoms with van der Waals surface area (Å²) in [6.07, 6.45) is 6.85. The fourth-order valence-corrected chi connectivity index (χ4v) is 5.02. The van der Waals surface area contributed by atoms with Crippen molar-refractivity contribution in [2.24, 2.45) is 5.73 Å². The van der Waals surface area contributed by atoms with E-state index in [1.807, 2.05) is 67.1 Å². The Morgan fingerprint density at radius 2 is 1.84 bits per heavy atom. The Balaban J connectivity index is 0.000000242. The number of aryl methyl sites for hydroxylation is 1. The van der Waals surface area contributed by atoms with Crippen molar-refractivity contribution < 1.29 is 19.8 Å². The van der Waals surface area contributed by atoms with Gasteiger partial charge in [-0.3, -0.25) is 14.2 Å². The molecule has 0 saturated heterocycles. The summed E-state index contributed by atoms with van der Waals surface area (Å²) in [5, 5.41) is 23.8. The zero-order valence-corrected chi connectivity index (χ0v) is 24.7. The topological polar surface area (TPSA) is 188 Å². The molecule has 12 heteroatoms. The maximum Gasteiger partial charge on any atom is 0.248 e. The Morgan fingerprint density at radius 1 is 1.02 bits per heavy atom. The number of pyridine rings is 2. The van der Waals surface area contributed by atoms with E-state index in [1.165, 1.54) is 23.8 Å². The van der Waals surface area contributed by atoms with Crippen molar-refractivity contribution in [1.82, 2.24) is 29.3 Å². The average Bonchev–Trinajstić information content (AvgIpc) is 3.82. The smallest absolute Gasteiger partial charge is 0.248 e. The minimum Gasteiger partial charge on any atom is -0.507 e. The molecule has 45 heavy (non-hydrogen) atoms. The molecule has 4 heterocycles. The molecule has 7 rings (SSSR count). The molecule has 0 spiro atoms. The van der Waals surface area contributed by atoms with Crippen LogP contribution in [0.25, 0.3) is 34.1 Å². The number of phenolic OH excluding ortho intramolecular Hbond substituents is 1. The van der Waals surface area contributed by atoms with Crippen LogP contribution in [0.5, 0.6) is 5.75 Å². The molecule has 0 radical (unpaired) electrons. The first-order valence-electron chi connectivity index (χ1n) is 14.3. The number of aliphatic hydroxyl groups is 1. The van der Waals surface area contributed by atoms with E-state index in [4.69, 9.17) is 26.5 Å². The van der Waals surface area contributed by atoms with Crippen molar-refractivity contribution in [3.63, 3.8) is 0 Å². The highest BCUT2D eigenvalue weighted by Gasteiger charge is 2.23. The predicted molar refractivity (Wildman–Crippen MR) is 170 cm³/mol. The lowest BCUT2D eigenvalue weighted by Crippen LogP contribution is -2.10. The van der Waals surface area contributed by atoms with E-state index >= 15 is 0 Å². The summed E-state index contributed by atoms with van der Waals surface area (Å²) in [4.78, 5) is 34.8. The Morgan fingerprint density at radius 3 is 2.56 bits per heavy atom. The number of nitrogens with zero attached hydrogens (tertiary/aromatic N) is 6. The lowest BCUT2D eigenvalue weighted by Gasteiger charge is -2.13. The van der Waals surface area contributed by atoms with Crippen LogP contribution in [-0.2, 0) is 6.42 Å². The molecule has 12 nitrogen and oxygen atoms in total. The summed E-state index contributed by atoms with van der Waals surface area (Å²) in [5.74, 6) is 0.948. The van der Waals surface area contributed by atoms with Gasteiger partial charge in [0, 0.05) is 29.8 Å². The number of imidazole rings is 1. The van der Waals surface area contributed by atoms with Gasteiger partial charge >= 0.3 is 0 Å². The molecule has 1 aliphatic rings. The van der Waals surface area contributed by atoms with Gasteiger partial charge in [-0.25, -0.2) is 19.6 Å². The number of primary amides is 1. The van der Waals surface area contributed by atoms with Crippen LogP contribution in [0.2, 0.25) is 0 Å². The number of aliphatic hydroxyl groups excluding tert-OH is 1. The zero-order chi connectivity index (χ0) is 32.1. The van der Waals surface area contributed by atoms with E-state index in [2.05, 4.69) is 16.1 Å². The Bertz CT molecular complexity index is 1990. The summed E-state index contributed by atoms with van der Waals surface area (Å²) in [6.45, 7) is 4.00. The molecular formula is C33H32N8O4. The number of fused-ring (bicyclic) bond motifs is 2. The van der Waals surface area contributed by atoms with Gasteiger partial charge in [0.15, 0.2) is 23.6 Å². The van der Waals surface area contributed by atoms with Crippen LogP contribution in [0.3, 0.4) is 0 Å². The molecule has 6 N–H and O–H groups in total. The van der Waals surface area contributed by atoms with Gasteiger partial charge in [0.25, 0.3) is 0 Å². The van der Waals surface area contributed by atoms with Crippen LogP contribution >= 0.6 is 0 Å². The van der Waals surface area contributed by atoms with E-state index in [9.17, 15) is 14.7 Å². The molecule has 1 atom stereocenters. The third kappa shape index (κ3) is 6.12. The van der Waals surface area contributed by atoms with Crippen molar-refractivity contribution >= 4 is 29.2 Å². The summed E-state index contributed by atoms with van der Waals surface area (Å²) < 4.78 is 3.68. The number of aromatic hydroxyl groups is 1. The number of amides is 1. The van der Waals surface area contributed by atoms with E-state index in [0.29, 0.717) is 29.4 Å². The van der Waals surface area contributed by atoms with Crippen LogP contribution in [0.1, 0.15) is 58.2 Å². The monoisotopic (exact) mass is 604 g/mol. The highest BCUT2D eigenvalue weighted by Crippen LogP contribution is 2.35. The summed E-state index contributed by atoms with van der Waals surface area (Å²) >= 11 is 0. The zero-order valence-electron chi connectivity index (χ0n) is 24.7. The molecule has 1 unspecified atom stereocenters. The van der Waals surface area contributed by atoms with E-state index < -0.39 is 12.0 Å². The Labute approximate surface area is 258 Å². The molecule has 1 amide bonds. The fraction of sp³-hybridized carbons (Fsp3) is 0.152. The number of aldehydes is 1. The number of carbonyl (C=O) groups excluding carboxylic acids is 2. The van der Waals surface area contributed by atoms with Gasteiger partial charge in [-0.2, -0.15) is 5.10 Å². The van der Waals surface area contributed by atoms with Crippen LogP contribution in [-0.4, -0.2) is 51.7 Å². The minimum atomic E-state index is -0.627. The van der Waals surface area contributed by atoms with E-state index in [-0.39, 0.29) is 16.9 Å². The lowest BCUT2D eigenvalue weighted by atomic mass is 10.1. The SMILES string of the molecule is CC.NC(=O)c1ccc(O)c(C=O)c1.Nc1ncccc1-c1nc2ccc(-n3cccn3)nc2n1-c1ccc2c(c1)C(O)CC2. The van der Waals surface area contributed by atoms with Crippen LogP contribution in [0.4, 0.5) is 5.82 Å². The van der Waals surface area contributed by atoms with Crippen LogP contribution < -0.4 is 11.5 Å². The van der Waals surface area contributed by atoms with Crippen molar-refractivity contribution in [3.8, 4) is 28.6 Å². The van der Waals surface area contributed by atoms with Crippen molar-refractivity contribution in [3.05, 3.63) is 108 Å². The van der Waals surface area contributed by atoms with E-state index in [1.54, 1.807) is 17.1 Å². The molecular weight excluding hydrogens is 572 g/mol. The quantitative estimate of drug-likeness (QED) is 0.205. The largest absolute Gasteiger partial charge is 0.507 e. The van der Waals surface area contributed by atoms with Crippen molar-refractivity contribution in [2.75, 3.05) is 5.73 Å². The number of rotatable bonds is 5. The van der Waals surface area contributed by atoms with Crippen LogP contribution in [0.15, 0.2) is 85.3 Å². The van der Waals surface area contributed by atoms with Gasteiger partial charge in [-0.15, -0.1) is 0 Å². The highest BCUT2D eigenvalue weighted by molar-refractivity contribution is 5.95. The molecule has 1 aliphatic carbocycles. The van der Waals surface area contributed by atoms with Gasteiger partial charge in [0.2, 0.25) is 5.91 Å². The number of carbonyl (C=O) groups is 2. The molecule has 0 bridgehead atoms. The standard InChI is InChI=1S/C23H19N7O.C8H7NO3.C2H6/c24-21-16(3-1-10-25-21)22-27-18-7-9-20(29-12-2-11-26-29)28-23(18)30(22)15-6-4-14-5-8-19(31)17(14)13-15;9-8(12)5-1-2-7(11)6(3-5)4-10;1-2/h1-4,6-7,9-13,19,31H,5,8H2,(H2,24,25);1-4,11H,(H2,9,12);1-2H3. The molecule has 0 saturated carbocycles. The molecule has 6 aromatic rings. The van der Waals surface area contributed by atoms with Gasteiger partial charge in [-0.05, 0) is 84.6 Å². The average molecular weight is 605 g/mol. The number of phenols is 1. The molecule has 0 fully saturated rings. The first kappa shape index (κ1) is 30.6. The third-order valence-corrected chi connectivity index (χ3v) is 7.18. The predicted octanol–water partition coefficient (Wildman–Crippen LogP) is 4.56. The second kappa shape index (κ2) is 13.2. The number of nitrogens with two attached hydrogens (primary N) is 2. The molecule has 4 aromatic heterocycles. The Kier molecular flexibility index (Phi) is 8.96. The summed E-state index contributed by atoms with van der Waals surface area (Å²) in [7, 11) is 0. The van der Waals surface area contributed by atoms with E-state index in [0.717, 1.165) is 35.2 Å². The maximum absolute atomic E-state index is 10.6. The molecule has 0 aliphatic heterocycles. The van der Waals surface area contributed by atoms with Crippen molar-refractivity contribution in [2.45, 2.75) is 32.8 Å². The second-order valence-electron chi connectivity index (χ2n) is 9.86. The van der Waals surface area contributed by atoms with Gasteiger partial charge in [0.05, 0.1) is 17.2 Å². The van der Waals surface area contributed by atoms with Gasteiger partial charge in [0.1, 0.15) is 17.1 Å². The third-order valence-electron chi connectivity index (χ3n) is 7.18. The van der Waals surface area contributed by atoms with Gasteiger partial charge in [-0.1, -0.05) is 19.9 Å². The number of anilines is 1. The maximum atomic E-state index is 10.6. The molecule has 2 aromatic carbocycles. The number of hydrogen-bond donors (Lipinski definition) is 4. The van der Waals surface area contributed by atoms with Crippen molar-refractivity contribution in [1.29, 1.82) is 0 Å². The summed E-state index contributed by atoms with van der Waals surface area (Å²) in [5.41, 5.74) is 16.5. The number of nitrogen functional groups attached to an aromatic ring is 1. The summed E-state index contributed by atoms with van der Waals surface area (Å²) in [6, 6.07) is 19.4. The number of hydrogen-bond acceptors (Lipinski definition) is 9. The van der Waals surface area contributed by atoms with Gasteiger partial charge < -0.3 is 21.7 Å². The first-order chi connectivity index (χ1) is 21.8. The Hall–Kier alpha value is -5.88. The number of aromatic nitrogens is 6. The molecule has 228 valence electrons. The lowest BCUT2D eigenvalue weighted by molar-refractivity contribution is 0.1000. The fourth-order valence-electron chi connectivity index (χ4n) is 5.02. The van der Waals surface area contributed by atoms with Crippen LogP contribution in [0, 0.1) is 0 Å². The minimum absolute atomic E-state index is 0.0614. The second-order valence-corrected chi connectivity index (χ2v) is 9.86. The first-order valence-corrected chi connectivity index (χ1v) is 14.3. The normalized spacial score (nSPS) is 13.3. The number of benzene rings is 2. The highest BCUT2D eigenvalue weighted by atomic mass is 16.3.